The first kappa shape index (κ1) is 15.2. The molecule has 0 radical (unpaired) electrons. The summed E-state index contributed by atoms with van der Waals surface area (Å²) in [6, 6.07) is 2.57. The maximum absolute atomic E-state index is 12.0. The summed E-state index contributed by atoms with van der Waals surface area (Å²) in [7, 11) is -3.75. The molecule has 0 amide bonds. The van der Waals surface area contributed by atoms with Crippen molar-refractivity contribution in [2.45, 2.75) is 18.1 Å². The fraction of sp³-hybridized carbons (Fsp3) is 0.583. The number of nitrogens with one attached hydrogen (secondary N) is 1. The Morgan fingerprint density at radius 3 is 2.95 bits per heavy atom. The topological polar surface area (TPSA) is 88.9 Å². The predicted molar refractivity (Wildman–Crippen MR) is 71.1 cm³/mol. The van der Waals surface area contributed by atoms with Crippen LogP contribution in [0.25, 0.3) is 0 Å². The molecule has 0 aromatic carbocycles. The predicted octanol–water partition coefficient (Wildman–Crippen LogP) is 0.0911. The SMILES string of the molecule is CCN1CCOC(CNS(=O)(=O)c2ccc(C=O)o2)C1. The van der Waals surface area contributed by atoms with E-state index >= 15 is 0 Å². The molecule has 112 valence electrons. The lowest BCUT2D eigenvalue weighted by Crippen LogP contribution is -2.47. The molecule has 1 N–H and O–H groups in total. The monoisotopic (exact) mass is 302 g/mol. The molecular formula is C12H18N2O5S. The summed E-state index contributed by atoms with van der Waals surface area (Å²) in [5.41, 5.74) is 0. The molecule has 7 nitrogen and oxygen atoms in total. The van der Waals surface area contributed by atoms with Crippen molar-refractivity contribution >= 4 is 16.3 Å². The summed E-state index contributed by atoms with van der Waals surface area (Å²) in [6.07, 6.45) is 0.279. The van der Waals surface area contributed by atoms with E-state index in [0.717, 1.165) is 13.1 Å². The molecular weight excluding hydrogens is 284 g/mol. The van der Waals surface area contributed by atoms with Gasteiger partial charge in [-0.05, 0) is 18.7 Å². The molecule has 1 aromatic rings. The number of furan rings is 1. The second kappa shape index (κ2) is 6.49. The first-order chi connectivity index (χ1) is 9.55. The van der Waals surface area contributed by atoms with Crippen LogP contribution >= 0.6 is 0 Å². The molecule has 1 fully saturated rings. The van der Waals surface area contributed by atoms with Gasteiger partial charge in [-0.3, -0.25) is 9.69 Å². The third kappa shape index (κ3) is 3.66. The van der Waals surface area contributed by atoms with Crippen molar-refractivity contribution in [2.24, 2.45) is 0 Å². The minimum absolute atomic E-state index is 0.0172. The first-order valence-corrected chi connectivity index (χ1v) is 7.92. The van der Waals surface area contributed by atoms with Crippen molar-refractivity contribution in [1.82, 2.24) is 9.62 Å². The van der Waals surface area contributed by atoms with Crippen molar-refractivity contribution in [3.8, 4) is 0 Å². The summed E-state index contributed by atoms with van der Waals surface area (Å²) >= 11 is 0. The van der Waals surface area contributed by atoms with Crippen LogP contribution in [-0.2, 0) is 14.8 Å². The maximum atomic E-state index is 12.0. The van der Waals surface area contributed by atoms with Crippen LogP contribution in [-0.4, -0.2) is 58.5 Å². The van der Waals surface area contributed by atoms with Crippen molar-refractivity contribution in [3.05, 3.63) is 17.9 Å². The van der Waals surface area contributed by atoms with Crippen LogP contribution in [0.3, 0.4) is 0 Å². The highest BCUT2D eigenvalue weighted by atomic mass is 32.2. The van der Waals surface area contributed by atoms with Gasteiger partial charge in [-0.25, -0.2) is 13.1 Å². The average Bonchev–Trinajstić information content (AvgIpc) is 2.95. The van der Waals surface area contributed by atoms with Crippen molar-refractivity contribution in [3.63, 3.8) is 0 Å². The molecule has 1 saturated heterocycles. The second-order valence-electron chi connectivity index (χ2n) is 4.51. The van der Waals surface area contributed by atoms with Gasteiger partial charge in [-0.2, -0.15) is 0 Å². The van der Waals surface area contributed by atoms with E-state index in [-0.39, 0.29) is 23.5 Å². The van der Waals surface area contributed by atoms with Crippen molar-refractivity contribution in [2.75, 3.05) is 32.8 Å². The average molecular weight is 302 g/mol. The van der Waals surface area contributed by atoms with Crippen LogP contribution in [0.1, 0.15) is 17.5 Å². The molecule has 2 heterocycles. The highest BCUT2D eigenvalue weighted by molar-refractivity contribution is 7.89. The van der Waals surface area contributed by atoms with E-state index in [1.54, 1.807) is 0 Å². The molecule has 1 atom stereocenters. The molecule has 1 unspecified atom stereocenters. The van der Waals surface area contributed by atoms with Crippen molar-refractivity contribution in [1.29, 1.82) is 0 Å². The number of ether oxygens (including phenoxy) is 1. The third-order valence-electron chi connectivity index (χ3n) is 3.15. The smallest absolute Gasteiger partial charge is 0.274 e. The molecule has 0 bridgehead atoms. The zero-order valence-corrected chi connectivity index (χ0v) is 12.1. The molecule has 20 heavy (non-hydrogen) atoms. The summed E-state index contributed by atoms with van der Waals surface area (Å²) in [5, 5.41) is -0.261. The second-order valence-corrected chi connectivity index (χ2v) is 6.21. The van der Waals surface area contributed by atoms with Gasteiger partial charge >= 0.3 is 0 Å². The largest absolute Gasteiger partial charge is 0.440 e. The van der Waals surface area contributed by atoms with Crippen LogP contribution in [0.15, 0.2) is 21.6 Å². The highest BCUT2D eigenvalue weighted by Gasteiger charge is 2.24. The molecule has 2 rings (SSSR count). The number of sulfonamides is 1. The lowest BCUT2D eigenvalue weighted by atomic mass is 10.3. The van der Waals surface area contributed by atoms with Gasteiger partial charge < -0.3 is 9.15 Å². The van der Waals surface area contributed by atoms with Gasteiger partial charge in [-0.1, -0.05) is 6.92 Å². The van der Waals surface area contributed by atoms with E-state index < -0.39 is 10.0 Å². The minimum Gasteiger partial charge on any atom is -0.440 e. The van der Waals surface area contributed by atoms with E-state index in [1.807, 2.05) is 0 Å². The zero-order chi connectivity index (χ0) is 14.6. The van der Waals surface area contributed by atoms with Crippen molar-refractivity contribution < 1.29 is 22.4 Å². The molecule has 8 heteroatoms. The van der Waals surface area contributed by atoms with Gasteiger partial charge in [0.15, 0.2) is 12.0 Å². The van der Waals surface area contributed by atoms with E-state index in [1.165, 1.54) is 12.1 Å². The number of morpholine rings is 1. The Morgan fingerprint density at radius 1 is 1.50 bits per heavy atom. The van der Waals surface area contributed by atoms with Crippen LogP contribution in [0.2, 0.25) is 0 Å². The molecule has 0 spiro atoms. The summed E-state index contributed by atoms with van der Waals surface area (Å²) in [5.74, 6) is -0.0172. The van der Waals surface area contributed by atoms with E-state index in [9.17, 15) is 13.2 Å². The Hall–Kier alpha value is -1.22. The molecule has 1 aliphatic heterocycles. The zero-order valence-electron chi connectivity index (χ0n) is 11.2. The quantitative estimate of drug-likeness (QED) is 0.749. The van der Waals surface area contributed by atoms with Crippen LogP contribution in [0, 0.1) is 0 Å². The summed E-state index contributed by atoms with van der Waals surface area (Å²) < 4.78 is 36.8. The summed E-state index contributed by atoms with van der Waals surface area (Å²) in [4.78, 5) is 12.7. The van der Waals surface area contributed by atoms with Gasteiger partial charge in [0.05, 0.1) is 12.7 Å². The highest BCUT2D eigenvalue weighted by Crippen LogP contribution is 2.13. The maximum Gasteiger partial charge on any atom is 0.274 e. The number of rotatable bonds is 6. The Labute approximate surface area is 117 Å². The minimum atomic E-state index is -3.75. The first-order valence-electron chi connectivity index (χ1n) is 6.44. The molecule has 0 saturated carbocycles. The summed E-state index contributed by atoms with van der Waals surface area (Å²) in [6.45, 7) is 5.29. The van der Waals surface area contributed by atoms with Gasteiger partial charge in [0.1, 0.15) is 0 Å². The Balaban J connectivity index is 1.93. The van der Waals surface area contributed by atoms with E-state index in [0.29, 0.717) is 19.4 Å². The fourth-order valence-electron chi connectivity index (χ4n) is 2.01. The number of carbonyl (C=O) groups excluding carboxylic acids is 1. The molecule has 1 aliphatic rings. The number of likely N-dealkylation sites (N-methyl/N-ethyl adjacent to an activating group) is 1. The molecule has 1 aromatic heterocycles. The third-order valence-corrected chi connectivity index (χ3v) is 4.45. The van der Waals surface area contributed by atoms with Gasteiger partial charge in [-0.15, -0.1) is 0 Å². The number of carbonyl (C=O) groups is 1. The van der Waals surface area contributed by atoms with Gasteiger partial charge in [0.2, 0.25) is 5.09 Å². The Bertz CT molecular complexity index is 554. The fourth-order valence-corrected chi connectivity index (χ4v) is 3.01. The Morgan fingerprint density at radius 2 is 2.30 bits per heavy atom. The number of hydrogen-bond donors (Lipinski definition) is 1. The number of nitrogens with zero attached hydrogens (tertiary/aromatic N) is 1. The normalized spacial score (nSPS) is 20.9. The number of hydrogen-bond acceptors (Lipinski definition) is 6. The number of aldehydes is 1. The molecule has 0 aliphatic carbocycles. The van der Waals surface area contributed by atoms with E-state index in [2.05, 4.69) is 16.5 Å². The lowest BCUT2D eigenvalue weighted by molar-refractivity contribution is -0.0229. The van der Waals surface area contributed by atoms with Crippen LogP contribution < -0.4 is 4.72 Å². The van der Waals surface area contributed by atoms with Crippen LogP contribution in [0.5, 0.6) is 0 Å². The Kier molecular flexibility index (Phi) is 4.92. The van der Waals surface area contributed by atoms with Gasteiger partial charge in [0, 0.05) is 19.6 Å². The van der Waals surface area contributed by atoms with E-state index in [4.69, 9.17) is 9.15 Å². The van der Waals surface area contributed by atoms with Crippen LogP contribution in [0.4, 0.5) is 0 Å². The lowest BCUT2D eigenvalue weighted by Gasteiger charge is -2.31. The van der Waals surface area contributed by atoms with Gasteiger partial charge in [0.25, 0.3) is 10.0 Å². The standard InChI is InChI=1S/C12H18N2O5S/c1-2-14-5-6-18-11(8-14)7-13-20(16,17)12-4-3-10(9-15)19-12/h3-4,9,11,13H,2,5-8H2,1H3.